The van der Waals surface area contributed by atoms with Gasteiger partial charge in [-0.3, -0.25) is 4.48 Å². The number of aliphatic hydroxyl groups is 2. The lowest BCUT2D eigenvalue weighted by molar-refractivity contribution is -0.939. The molecule has 3 atom stereocenters. The summed E-state index contributed by atoms with van der Waals surface area (Å²) in [6.07, 6.45) is 23.7. The second-order valence-electron chi connectivity index (χ2n) is 9.90. The highest BCUT2D eigenvalue weighted by atomic mass is 35.5. The number of quaternary nitrogens is 1. The minimum atomic E-state index is -0.566. The molecule has 1 aromatic rings. The molecule has 0 heterocycles. The molecule has 0 bridgehead atoms. The minimum absolute atomic E-state index is 0. The first-order valence-corrected chi connectivity index (χ1v) is 13.6. The molecule has 3 nitrogen and oxygen atoms in total. The van der Waals surface area contributed by atoms with E-state index in [1.807, 2.05) is 31.2 Å². The van der Waals surface area contributed by atoms with Crippen LogP contribution in [-0.4, -0.2) is 33.6 Å². The van der Waals surface area contributed by atoms with Gasteiger partial charge in [-0.1, -0.05) is 101 Å². The highest BCUT2D eigenvalue weighted by Crippen LogP contribution is 2.22. The van der Waals surface area contributed by atoms with E-state index in [1.54, 1.807) is 6.92 Å². The number of hydrogen-bond acceptors (Lipinski definition) is 2. The topological polar surface area (TPSA) is 40.5 Å². The number of hydrogen-bond donors (Lipinski definition) is 2. The second kappa shape index (κ2) is 21.2. The van der Waals surface area contributed by atoms with Gasteiger partial charge in [0.05, 0.1) is 6.20 Å². The van der Waals surface area contributed by atoms with Crippen molar-refractivity contribution >= 4 is 0 Å². The number of benzene rings is 1. The number of allylic oxidation sites excluding steroid dienone is 2. The highest BCUT2D eigenvalue weighted by molar-refractivity contribution is 5.13. The summed E-state index contributed by atoms with van der Waals surface area (Å²) in [6, 6.07) is 10.3. The molecule has 0 spiro atoms. The van der Waals surface area contributed by atoms with Crippen molar-refractivity contribution in [3.8, 4) is 0 Å². The Morgan fingerprint density at radius 2 is 1.24 bits per heavy atom. The zero-order valence-corrected chi connectivity index (χ0v) is 22.8. The molecule has 1 rings (SSSR count). The molecule has 0 saturated heterocycles. The third kappa shape index (κ3) is 15.7. The Morgan fingerprint density at radius 1 is 0.765 bits per heavy atom. The van der Waals surface area contributed by atoms with Crippen molar-refractivity contribution in [2.24, 2.45) is 0 Å². The van der Waals surface area contributed by atoms with Gasteiger partial charge in [-0.05, 0) is 38.7 Å². The summed E-state index contributed by atoms with van der Waals surface area (Å²) in [6.45, 7) is 8.62. The van der Waals surface area contributed by atoms with E-state index in [0.717, 1.165) is 6.42 Å². The van der Waals surface area contributed by atoms with E-state index >= 15 is 0 Å². The Kier molecular flexibility index (Phi) is 20.5. The van der Waals surface area contributed by atoms with Crippen molar-refractivity contribution in [3.05, 3.63) is 60.8 Å². The molecule has 4 heteroatoms. The smallest absolute Gasteiger partial charge is 0.192 e. The van der Waals surface area contributed by atoms with E-state index in [2.05, 4.69) is 31.0 Å². The lowest BCUT2D eigenvalue weighted by Gasteiger charge is -2.38. The van der Waals surface area contributed by atoms with Crippen LogP contribution in [0.15, 0.2) is 55.3 Å². The number of unbranched alkanes of at least 4 members (excludes halogenated alkanes) is 13. The third-order valence-corrected chi connectivity index (χ3v) is 6.60. The van der Waals surface area contributed by atoms with Gasteiger partial charge in [0.15, 0.2) is 6.23 Å². The monoisotopic (exact) mass is 493 g/mol. The van der Waals surface area contributed by atoms with Gasteiger partial charge < -0.3 is 22.6 Å². The van der Waals surface area contributed by atoms with Gasteiger partial charge in [-0.15, -0.1) is 6.58 Å². The normalized spacial score (nSPS) is 14.9. The predicted molar refractivity (Wildman–Crippen MR) is 143 cm³/mol. The molecule has 2 N–H and O–H groups in total. The van der Waals surface area contributed by atoms with Crippen molar-refractivity contribution < 1.29 is 27.1 Å². The summed E-state index contributed by atoms with van der Waals surface area (Å²) < 4.78 is 0.371. The first-order chi connectivity index (χ1) is 16.0. The first-order valence-electron chi connectivity index (χ1n) is 13.6. The van der Waals surface area contributed by atoms with Crippen LogP contribution in [0.3, 0.4) is 0 Å². The van der Waals surface area contributed by atoms with Crippen LogP contribution < -0.4 is 12.4 Å². The standard InChI is InChI=1S/C30H52NO2.ClH/c1-4-5-6-7-8-9-10-11-12-13-14-15-16-17-18-22-25-31(29(3)33,26-28(2)32)27-30-23-20-19-21-24-30;/h4,19-25,28-29,32-33H,1,5-18,26-27H2,2-3H3;1H/q+1;/p-1/b25-22+;. The van der Waals surface area contributed by atoms with E-state index in [9.17, 15) is 10.2 Å². The lowest BCUT2D eigenvalue weighted by atomic mass is 10.0. The summed E-state index contributed by atoms with van der Waals surface area (Å²) in [5.41, 5.74) is 1.18. The summed E-state index contributed by atoms with van der Waals surface area (Å²) in [5.74, 6) is 0. The minimum Gasteiger partial charge on any atom is -1.00 e. The maximum absolute atomic E-state index is 10.6. The molecule has 0 aliphatic heterocycles. The van der Waals surface area contributed by atoms with E-state index in [4.69, 9.17) is 0 Å². The number of aliphatic hydroxyl groups excluding tert-OH is 2. The average molecular weight is 494 g/mol. The molecule has 3 unspecified atom stereocenters. The number of nitrogens with zero attached hydrogens (tertiary/aromatic N) is 1. The van der Waals surface area contributed by atoms with Crippen molar-refractivity contribution in [3.63, 3.8) is 0 Å². The van der Waals surface area contributed by atoms with Crippen LogP contribution in [0.4, 0.5) is 0 Å². The van der Waals surface area contributed by atoms with Crippen LogP contribution >= 0.6 is 0 Å². The van der Waals surface area contributed by atoms with Gasteiger partial charge in [0, 0.05) is 12.5 Å². The lowest BCUT2D eigenvalue weighted by Crippen LogP contribution is -3.00. The quantitative estimate of drug-likeness (QED) is 0.111. The zero-order chi connectivity index (χ0) is 24.2. The summed E-state index contributed by atoms with van der Waals surface area (Å²) in [7, 11) is 0. The largest absolute Gasteiger partial charge is 1.00 e. The zero-order valence-electron chi connectivity index (χ0n) is 22.0. The summed E-state index contributed by atoms with van der Waals surface area (Å²) >= 11 is 0. The molecule has 34 heavy (non-hydrogen) atoms. The SMILES string of the molecule is C=CCCCCCCCCCCCCCC/C=C/[N+](Cc1ccccc1)(CC(C)O)C(C)O.[Cl-]. The van der Waals surface area contributed by atoms with Crippen LogP contribution in [0.2, 0.25) is 0 Å². The van der Waals surface area contributed by atoms with Gasteiger partial charge in [0.1, 0.15) is 19.2 Å². The Labute approximate surface area is 217 Å². The van der Waals surface area contributed by atoms with Crippen LogP contribution in [0, 0.1) is 0 Å². The van der Waals surface area contributed by atoms with Crippen LogP contribution in [0.25, 0.3) is 0 Å². The Hall–Kier alpha value is -1.13. The second-order valence-corrected chi connectivity index (χ2v) is 9.90. The van der Waals surface area contributed by atoms with Crippen molar-refractivity contribution in [1.29, 1.82) is 0 Å². The van der Waals surface area contributed by atoms with E-state index in [-0.39, 0.29) is 12.4 Å². The van der Waals surface area contributed by atoms with Gasteiger partial charge in [-0.2, -0.15) is 0 Å². The van der Waals surface area contributed by atoms with E-state index < -0.39 is 12.3 Å². The molecule has 0 aliphatic rings. The Morgan fingerprint density at radius 3 is 1.68 bits per heavy atom. The van der Waals surface area contributed by atoms with E-state index in [0.29, 0.717) is 17.6 Å². The van der Waals surface area contributed by atoms with Crippen molar-refractivity contribution in [2.45, 2.75) is 123 Å². The van der Waals surface area contributed by atoms with Gasteiger partial charge in [0.25, 0.3) is 0 Å². The molecule has 0 radical (unpaired) electrons. The highest BCUT2D eigenvalue weighted by Gasteiger charge is 2.32. The number of halogens is 1. The maximum atomic E-state index is 10.6. The summed E-state index contributed by atoms with van der Waals surface area (Å²) in [4.78, 5) is 0. The molecule has 0 aliphatic carbocycles. The number of rotatable bonds is 21. The molecular weight excluding hydrogens is 442 g/mol. The van der Waals surface area contributed by atoms with Gasteiger partial charge >= 0.3 is 0 Å². The molecule has 0 amide bonds. The molecular formula is C30H52ClNO2. The maximum Gasteiger partial charge on any atom is 0.192 e. The fourth-order valence-electron chi connectivity index (χ4n) is 4.61. The Balaban J connectivity index is 0.0000109. The average Bonchev–Trinajstić information content (AvgIpc) is 2.78. The van der Waals surface area contributed by atoms with Crippen LogP contribution in [0.1, 0.15) is 109 Å². The van der Waals surface area contributed by atoms with Crippen LogP contribution in [0.5, 0.6) is 0 Å². The molecule has 1 aromatic carbocycles. The molecule has 0 aromatic heterocycles. The van der Waals surface area contributed by atoms with Crippen molar-refractivity contribution in [1.82, 2.24) is 0 Å². The Bertz CT molecular complexity index is 617. The fraction of sp³-hybridized carbons (Fsp3) is 0.667. The first kappa shape index (κ1) is 32.9. The third-order valence-electron chi connectivity index (χ3n) is 6.60. The van der Waals surface area contributed by atoms with E-state index in [1.165, 1.54) is 89.0 Å². The van der Waals surface area contributed by atoms with Gasteiger partial charge in [-0.25, -0.2) is 0 Å². The van der Waals surface area contributed by atoms with Gasteiger partial charge in [0.2, 0.25) is 0 Å². The summed E-state index contributed by atoms with van der Waals surface area (Å²) in [5, 5.41) is 20.7. The molecule has 0 fully saturated rings. The fourth-order valence-corrected chi connectivity index (χ4v) is 4.61. The molecule has 0 saturated carbocycles. The van der Waals surface area contributed by atoms with Crippen LogP contribution in [-0.2, 0) is 6.54 Å². The van der Waals surface area contributed by atoms with Crippen molar-refractivity contribution in [2.75, 3.05) is 6.54 Å². The molecule has 196 valence electrons. The predicted octanol–water partition coefficient (Wildman–Crippen LogP) is 4.89.